The first-order valence-corrected chi connectivity index (χ1v) is 25.4. The molecule has 8 nitrogen and oxygen atoms in total. The van der Waals surface area contributed by atoms with E-state index in [-0.39, 0.29) is 42.7 Å². The van der Waals surface area contributed by atoms with Crippen molar-refractivity contribution < 1.29 is 38.2 Å². The molecule has 0 bridgehead atoms. The number of carbonyl (C=O) groups is 3. The van der Waals surface area contributed by atoms with Gasteiger partial charge in [-0.2, -0.15) is 0 Å². The molecule has 0 heterocycles. The number of carboxylic acids is 1. The molecular weight excluding hydrogens is 751 g/mol. The summed E-state index contributed by atoms with van der Waals surface area (Å²) >= 11 is 0. The van der Waals surface area contributed by atoms with E-state index in [1.54, 1.807) is 21.1 Å². The lowest BCUT2D eigenvalue weighted by molar-refractivity contribution is -0.889. The number of hydrogen-bond donors (Lipinski definition) is 0. The number of aliphatic carboxylic acids is 1. The van der Waals surface area contributed by atoms with E-state index in [0.29, 0.717) is 12.8 Å². The highest BCUT2D eigenvalue weighted by Gasteiger charge is 2.25. The highest BCUT2D eigenvalue weighted by atomic mass is 16.6. The molecule has 0 amide bonds. The number of esters is 2. The first-order valence-electron chi connectivity index (χ1n) is 25.4. The van der Waals surface area contributed by atoms with E-state index in [4.69, 9.17) is 14.2 Å². The van der Waals surface area contributed by atoms with Crippen molar-refractivity contribution in [2.24, 2.45) is 0 Å². The maximum atomic E-state index is 12.8. The predicted octanol–water partition coefficient (Wildman–Crippen LogP) is 13.1. The molecule has 60 heavy (non-hydrogen) atoms. The van der Waals surface area contributed by atoms with E-state index in [1.807, 2.05) is 0 Å². The fraction of sp³-hybridized carbons (Fsp3) is 0.865. The molecule has 0 aliphatic heterocycles. The molecule has 0 saturated heterocycles. The summed E-state index contributed by atoms with van der Waals surface area (Å²) in [6, 6.07) is -0.726. The number of carboxylic acid groups (broad SMARTS) is 1. The average molecular weight is 848 g/mol. The van der Waals surface area contributed by atoms with Crippen LogP contribution in [0.15, 0.2) is 24.3 Å². The van der Waals surface area contributed by atoms with Crippen LogP contribution in [0, 0.1) is 0 Å². The van der Waals surface area contributed by atoms with Crippen molar-refractivity contribution in [3.63, 3.8) is 0 Å². The second-order valence-electron chi connectivity index (χ2n) is 18.4. The molecule has 0 rings (SSSR count). The predicted molar refractivity (Wildman–Crippen MR) is 250 cm³/mol. The number of hydrogen-bond acceptors (Lipinski definition) is 7. The minimum Gasteiger partial charge on any atom is -0.544 e. The average Bonchev–Trinajstić information content (AvgIpc) is 3.21. The summed E-state index contributed by atoms with van der Waals surface area (Å²) in [6.07, 6.45) is 49.2. The van der Waals surface area contributed by atoms with Gasteiger partial charge in [0, 0.05) is 19.3 Å². The number of nitrogens with zero attached hydrogens (tertiary/aromatic N) is 1. The summed E-state index contributed by atoms with van der Waals surface area (Å²) in [6.45, 7) is 4.68. The van der Waals surface area contributed by atoms with Gasteiger partial charge in [0.05, 0.1) is 40.3 Å². The van der Waals surface area contributed by atoms with Crippen molar-refractivity contribution in [3.05, 3.63) is 24.3 Å². The van der Waals surface area contributed by atoms with Gasteiger partial charge in [0.2, 0.25) is 0 Å². The Morgan fingerprint density at radius 3 is 1.25 bits per heavy atom. The van der Waals surface area contributed by atoms with Gasteiger partial charge in [-0.1, -0.05) is 205 Å². The SMILES string of the molecule is CCCCCCCCC/C=C/C=C/CCCCCCCC(=O)OCC(COCCC(C(=O)[O-])[N+](C)(C)C)OC(=O)CCCCCCCCCCCCCCCCCCCC. The standard InChI is InChI=1S/C52H97NO7/c1-6-8-10-12-14-16-18-20-22-24-26-28-30-32-34-36-38-40-42-50(54)59-47-48(46-58-45-44-49(52(56)57)53(3,4)5)60-51(55)43-41-39-37-35-33-31-29-27-25-23-21-19-17-15-13-11-9-7-2/h22,24,26,28,48-49H,6-21,23,25,27,29-47H2,1-5H3/b24-22+,28-26+. The summed E-state index contributed by atoms with van der Waals surface area (Å²) in [5.41, 5.74) is 0. The molecule has 0 aromatic carbocycles. The van der Waals surface area contributed by atoms with Gasteiger partial charge in [0.15, 0.2) is 6.10 Å². The van der Waals surface area contributed by atoms with Crippen LogP contribution in [0.5, 0.6) is 0 Å². The lowest BCUT2D eigenvalue weighted by Gasteiger charge is -2.34. The van der Waals surface area contributed by atoms with Crippen molar-refractivity contribution in [2.75, 3.05) is 41.0 Å². The molecular formula is C52H97NO7. The van der Waals surface area contributed by atoms with E-state index in [1.165, 1.54) is 148 Å². The maximum Gasteiger partial charge on any atom is 0.306 e. The Morgan fingerprint density at radius 2 is 0.867 bits per heavy atom. The third-order valence-electron chi connectivity index (χ3n) is 11.6. The van der Waals surface area contributed by atoms with Gasteiger partial charge in [0.25, 0.3) is 0 Å². The first kappa shape index (κ1) is 57.8. The van der Waals surface area contributed by atoms with Crippen LogP contribution in [0.3, 0.4) is 0 Å². The van der Waals surface area contributed by atoms with Gasteiger partial charge in [0.1, 0.15) is 12.6 Å². The smallest absolute Gasteiger partial charge is 0.306 e. The monoisotopic (exact) mass is 848 g/mol. The van der Waals surface area contributed by atoms with Crippen molar-refractivity contribution in [2.45, 2.75) is 251 Å². The van der Waals surface area contributed by atoms with Crippen LogP contribution in [0.4, 0.5) is 0 Å². The second-order valence-corrected chi connectivity index (χ2v) is 18.4. The van der Waals surface area contributed by atoms with Crippen LogP contribution in [0.25, 0.3) is 0 Å². The highest BCUT2D eigenvalue weighted by molar-refractivity contribution is 5.70. The van der Waals surface area contributed by atoms with E-state index >= 15 is 0 Å². The molecule has 8 heteroatoms. The zero-order chi connectivity index (χ0) is 44.2. The van der Waals surface area contributed by atoms with Gasteiger partial charge in [-0.05, 0) is 38.5 Å². The number of carbonyl (C=O) groups excluding carboxylic acids is 3. The zero-order valence-electron chi connectivity index (χ0n) is 40.1. The van der Waals surface area contributed by atoms with Crippen molar-refractivity contribution >= 4 is 17.9 Å². The lowest BCUT2D eigenvalue weighted by Crippen LogP contribution is -2.55. The number of rotatable bonds is 46. The lowest BCUT2D eigenvalue weighted by atomic mass is 10.0. The van der Waals surface area contributed by atoms with Crippen molar-refractivity contribution in [1.82, 2.24) is 0 Å². The number of ether oxygens (including phenoxy) is 3. The van der Waals surface area contributed by atoms with Gasteiger partial charge in [-0.25, -0.2) is 0 Å². The van der Waals surface area contributed by atoms with Crippen molar-refractivity contribution in [1.29, 1.82) is 0 Å². The van der Waals surface area contributed by atoms with E-state index < -0.39 is 18.1 Å². The van der Waals surface area contributed by atoms with Crippen LogP contribution in [-0.2, 0) is 28.6 Å². The molecule has 0 N–H and O–H groups in total. The van der Waals surface area contributed by atoms with Crippen LogP contribution < -0.4 is 5.11 Å². The minimum absolute atomic E-state index is 0.0402. The van der Waals surface area contributed by atoms with E-state index in [9.17, 15) is 19.5 Å². The fourth-order valence-corrected chi connectivity index (χ4v) is 7.65. The van der Waals surface area contributed by atoms with Crippen LogP contribution in [0.2, 0.25) is 0 Å². The number of quaternary nitrogens is 1. The number of likely N-dealkylation sites (N-methyl/N-ethyl adjacent to an activating group) is 1. The van der Waals surface area contributed by atoms with Gasteiger partial charge in [-0.3, -0.25) is 9.59 Å². The molecule has 352 valence electrons. The Kier molecular flexibility index (Phi) is 41.9. The fourth-order valence-electron chi connectivity index (χ4n) is 7.65. The molecule has 2 unspecified atom stereocenters. The van der Waals surface area contributed by atoms with E-state index in [2.05, 4.69) is 38.2 Å². The summed E-state index contributed by atoms with van der Waals surface area (Å²) in [5, 5.41) is 11.7. The quantitative estimate of drug-likeness (QED) is 0.0260. The zero-order valence-corrected chi connectivity index (χ0v) is 40.1. The Labute approximate surface area is 371 Å². The third kappa shape index (κ3) is 41.2. The van der Waals surface area contributed by atoms with Crippen LogP contribution in [0.1, 0.15) is 239 Å². The van der Waals surface area contributed by atoms with Gasteiger partial charge < -0.3 is 28.6 Å². The van der Waals surface area contributed by atoms with Gasteiger partial charge >= 0.3 is 11.9 Å². The van der Waals surface area contributed by atoms with Crippen LogP contribution in [-0.4, -0.2) is 75.5 Å². The molecule has 0 spiro atoms. The Balaban J connectivity index is 4.26. The Bertz CT molecular complexity index is 1040. The first-order chi connectivity index (χ1) is 29.1. The molecule has 0 aliphatic carbocycles. The van der Waals surface area contributed by atoms with Crippen LogP contribution >= 0.6 is 0 Å². The number of unbranched alkanes of at least 4 members (excludes halogenated alkanes) is 29. The molecule has 0 aliphatic rings. The molecule has 2 atom stereocenters. The molecule has 0 aromatic rings. The Hall–Kier alpha value is -2.19. The topological polar surface area (TPSA) is 102 Å². The molecule has 0 saturated carbocycles. The maximum absolute atomic E-state index is 12.8. The summed E-state index contributed by atoms with van der Waals surface area (Å²) in [5.74, 6) is -1.74. The molecule has 0 radical (unpaired) electrons. The molecule has 0 fully saturated rings. The second kappa shape index (κ2) is 43.5. The van der Waals surface area contributed by atoms with E-state index in [0.717, 1.165) is 57.8 Å². The number of allylic oxidation sites excluding steroid dienone is 4. The Morgan fingerprint density at radius 1 is 0.500 bits per heavy atom. The summed E-state index contributed by atoms with van der Waals surface area (Å²) in [4.78, 5) is 37.0. The van der Waals surface area contributed by atoms with Gasteiger partial charge in [-0.15, -0.1) is 0 Å². The summed E-state index contributed by atoms with van der Waals surface area (Å²) < 4.78 is 17.2. The van der Waals surface area contributed by atoms with Crippen molar-refractivity contribution in [3.8, 4) is 0 Å². The minimum atomic E-state index is -1.12. The highest BCUT2D eigenvalue weighted by Crippen LogP contribution is 2.16. The summed E-state index contributed by atoms with van der Waals surface area (Å²) in [7, 11) is 5.42. The normalized spacial score (nSPS) is 13.0. The third-order valence-corrected chi connectivity index (χ3v) is 11.6. The largest absolute Gasteiger partial charge is 0.544 e. The molecule has 0 aromatic heterocycles.